The highest BCUT2D eigenvalue weighted by Crippen LogP contribution is 2.13. The minimum absolute atomic E-state index is 0.267. The number of hydrogen-bond acceptors (Lipinski definition) is 3. The van der Waals surface area contributed by atoms with Gasteiger partial charge in [0.2, 0.25) is 0 Å². The first-order chi connectivity index (χ1) is 4.79. The van der Waals surface area contributed by atoms with Crippen LogP contribution in [0.25, 0.3) is 0 Å². The third kappa shape index (κ3) is 1.04. The molecule has 1 aromatic rings. The van der Waals surface area contributed by atoms with Crippen LogP contribution in [-0.2, 0) is 5.88 Å². The van der Waals surface area contributed by atoms with Crippen LogP contribution >= 0.6 is 11.6 Å². The summed E-state index contributed by atoms with van der Waals surface area (Å²) in [6.07, 6.45) is 0.633. The molecule has 1 rings (SSSR count). The number of halogens is 1. The van der Waals surface area contributed by atoms with Gasteiger partial charge in [0.1, 0.15) is 5.76 Å². The predicted molar refractivity (Wildman–Crippen MR) is 36.2 cm³/mol. The number of rotatable bonds is 2. The van der Waals surface area contributed by atoms with Gasteiger partial charge < -0.3 is 4.52 Å². The minimum atomic E-state index is 0.267. The molecule has 0 N–H and O–H groups in total. The highest BCUT2D eigenvalue weighted by Gasteiger charge is 2.09. The van der Waals surface area contributed by atoms with Gasteiger partial charge in [-0.25, -0.2) is 0 Å². The molecule has 0 aliphatic heterocycles. The van der Waals surface area contributed by atoms with Crippen molar-refractivity contribution in [2.24, 2.45) is 0 Å². The summed E-state index contributed by atoms with van der Waals surface area (Å²) in [6, 6.07) is 0. The van der Waals surface area contributed by atoms with Gasteiger partial charge in [0.15, 0.2) is 12.0 Å². The molecule has 4 heteroatoms. The van der Waals surface area contributed by atoms with Crippen LogP contribution < -0.4 is 0 Å². The second-order valence-electron chi connectivity index (χ2n) is 1.85. The van der Waals surface area contributed by atoms with E-state index >= 15 is 0 Å². The van der Waals surface area contributed by atoms with Crippen molar-refractivity contribution < 1.29 is 9.32 Å². The zero-order valence-electron chi connectivity index (χ0n) is 5.43. The summed E-state index contributed by atoms with van der Waals surface area (Å²) in [6.45, 7) is 1.72. The summed E-state index contributed by atoms with van der Waals surface area (Å²) in [4.78, 5) is 10.2. The molecule has 0 aliphatic rings. The number of aldehydes is 1. The SMILES string of the molecule is Cc1onc(C=O)c1CCl. The average molecular weight is 160 g/mol. The van der Waals surface area contributed by atoms with Crippen LogP contribution in [0.3, 0.4) is 0 Å². The van der Waals surface area contributed by atoms with E-state index in [0.717, 1.165) is 0 Å². The maximum Gasteiger partial charge on any atom is 0.172 e. The Kier molecular flexibility index (Phi) is 2.06. The third-order valence-electron chi connectivity index (χ3n) is 1.26. The van der Waals surface area contributed by atoms with Gasteiger partial charge in [0, 0.05) is 5.56 Å². The Balaban J connectivity index is 3.12. The fraction of sp³-hybridized carbons (Fsp3) is 0.333. The Morgan fingerprint density at radius 1 is 1.80 bits per heavy atom. The van der Waals surface area contributed by atoms with Crippen LogP contribution in [0.15, 0.2) is 4.52 Å². The lowest BCUT2D eigenvalue weighted by molar-refractivity contribution is 0.111. The average Bonchev–Trinajstić information content (AvgIpc) is 2.30. The number of aromatic nitrogens is 1. The standard InChI is InChI=1S/C6H6ClNO2/c1-4-5(2-7)6(3-9)8-10-4/h3H,2H2,1H3. The second kappa shape index (κ2) is 2.84. The van der Waals surface area contributed by atoms with E-state index < -0.39 is 0 Å². The van der Waals surface area contributed by atoms with Gasteiger partial charge >= 0.3 is 0 Å². The van der Waals surface area contributed by atoms with Gasteiger partial charge in [-0.15, -0.1) is 11.6 Å². The number of alkyl halides is 1. The van der Waals surface area contributed by atoms with Gasteiger partial charge in [-0.05, 0) is 6.92 Å². The molecule has 0 saturated carbocycles. The molecule has 0 saturated heterocycles. The normalized spacial score (nSPS) is 9.80. The van der Waals surface area contributed by atoms with E-state index in [1.807, 2.05) is 0 Å². The summed E-state index contributed by atoms with van der Waals surface area (Å²) < 4.78 is 4.71. The van der Waals surface area contributed by atoms with Crippen molar-refractivity contribution >= 4 is 17.9 Å². The molecule has 1 heterocycles. The van der Waals surface area contributed by atoms with Crippen molar-refractivity contribution in [3.05, 3.63) is 17.0 Å². The molecule has 0 bridgehead atoms. The highest BCUT2D eigenvalue weighted by atomic mass is 35.5. The van der Waals surface area contributed by atoms with E-state index in [0.29, 0.717) is 23.3 Å². The number of carbonyl (C=O) groups excluding carboxylic acids is 1. The number of aryl methyl sites for hydroxylation is 1. The molecule has 0 amide bonds. The third-order valence-corrected chi connectivity index (χ3v) is 1.53. The summed E-state index contributed by atoms with van der Waals surface area (Å²) >= 11 is 5.50. The first-order valence-electron chi connectivity index (χ1n) is 2.76. The lowest BCUT2D eigenvalue weighted by Gasteiger charge is -1.86. The van der Waals surface area contributed by atoms with Crippen molar-refractivity contribution in [3.63, 3.8) is 0 Å². The van der Waals surface area contributed by atoms with Crippen LogP contribution in [0.1, 0.15) is 21.8 Å². The molecule has 0 radical (unpaired) electrons. The maximum atomic E-state index is 10.2. The molecule has 0 spiro atoms. The molecule has 0 fully saturated rings. The van der Waals surface area contributed by atoms with Gasteiger partial charge in [0.05, 0.1) is 5.88 Å². The van der Waals surface area contributed by atoms with E-state index in [-0.39, 0.29) is 5.88 Å². The zero-order chi connectivity index (χ0) is 7.56. The zero-order valence-corrected chi connectivity index (χ0v) is 6.18. The molecule has 0 unspecified atom stereocenters. The van der Waals surface area contributed by atoms with Crippen molar-refractivity contribution in [2.75, 3.05) is 0 Å². The topological polar surface area (TPSA) is 43.1 Å². The van der Waals surface area contributed by atoms with E-state index in [1.54, 1.807) is 6.92 Å². The minimum Gasteiger partial charge on any atom is -0.361 e. The fourth-order valence-corrected chi connectivity index (χ4v) is 0.988. The maximum absolute atomic E-state index is 10.2. The van der Waals surface area contributed by atoms with E-state index in [9.17, 15) is 4.79 Å². The highest BCUT2D eigenvalue weighted by molar-refractivity contribution is 6.17. The summed E-state index contributed by atoms with van der Waals surface area (Å²) in [7, 11) is 0. The monoisotopic (exact) mass is 159 g/mol. The first-order valence-corrected chi connectivity index (χ1v) is 3.29. The molecule has 54 valence electrons. The van der Waals surface area contributed by atoms with Crippen LogP contribution in [0.4, 0.5) is 0 Å². The van der Waals surface area contributed by atoms with Gasteiger partial charge in [0.25, 0.3) is 0 Å². The molecule has 0 aromatic carbocycles. The predicted octanol–water partition coefficient (Wildman–Crippen LogP) is 1.53. The largest absolute Gasteiger partial charge is 0.361 e. The Hall–Kier alpha value is -0.830. The Morgan fingerprint density at radius 2 is 2.50 bits per heavy atom. The fourth-order valence-electron chi connectivity index (χ4n) is 0.663. The molecule has 0 aliphatic carbocycles. The summed E-state index contributed by atoms with van der Waals surface area (Å²) in [5, 5.41) is 3.48. The molecular formula is C6H6ClNO2. The Morgan fingerprint density at radius 3 is 2.90 bits per heavy atom. The van der Waals surface area contributed by atoms with Crippen molar-refractivity contribution in [3.8, 4) is 0 Å². The van der Waals surface area contributed by atoms with Crippen LogP contribution in [0.2, 0.25) is 0 Å². The van der Waals surface area contributed by atoms with Crippen molar-refractivity contribution in [1.29, 1.82) is 0 Å². The first kappa shape index (κ1) is 7.28. The smallest absolute Gasteiger partial charge is 0.172 e. The van der Waals surface area contributed by atoms with Crippen LogP contribution in [0.5, 0.6) is 0 Å². The number of carbonyl (C=O) groups is 1. The van der Waals surface area contributed by atoms with Gasteiger partial charge in [-0.3, -0.25) is 4.79 Å². The van der Waals surface area contributed by atoms with E-state index in [1.165, 1.54) is 0 Å². The molecule has 0 atom stereocenters. The van der Waals surface area contributed by atoms with Gasteiger partial charge in [-0.2, -0.15) is 0 Å². The molecule has 3 nitrogen and oxygen atoms in total. The van der Waals surface area contributed by atoms with Gasteiger partial charge in [-0.1, -0.05) is 5.16 Å². The summed E-state index contributed by atoms with van der Waals surface area (Å²) in [5.74, 6) is 0.876. The van der Waals surface area contributed by atoms with Crippen LogP contribution in [0, 0.1) is 6.92 Å². The Bertz CT molecular complexity index is 244. The molecule has 1 aromatic heterocycles. The van der Waals surface area contributed by atoms with Crippen molar-refractivity contribution in [2.45, 2.75) is 12.8 Å². The van der Waals surface area contributed by atoms with Crippen molar-refractivity contribution in [1.82, 2.24) is 5.16 Å². The molecular weight excluding hydrogens is 154 g/mol. The van der Waals surface area contributed by atoms with Crippen LogP contribution in [-0.4, -0.2) is 11.4 Å². The van der Waals surface area contributed by atoms with E-state index in [4.69, 9.17) is 16.1 Å². The number of nitrogens with zero attached hydrogens (tertiary/aromatic N) is 1. The number of hydrogen-bond donors (Lipinski definition) is 0. The molecule has 10 heavy (non-hydrogen) atoms. The van der Waals surface area contributed by atoms with E-state index in [2.05, 4.69) is 5.16 Å². The summed E-state index contributed by atoms with van der Waals surface area (Å²) in [5.41, 5.74) is 0.976. The Labute approximate surface area is 63.0 Å². The lowest BCUT2D eigenvalue weighted by Crippen LogP contribution is -1.85. The second-order valence-corrected chi connectivity index (χ2v) is 2.12. The quantitative estimate of drug-likeness (QED) is 0.486. The lowest BCUT2D eigenvalue weighted by atomic mass is 10.2.